The topological polar surface area (TPSA) is 65.2 Å². The van der Waals surface area contributed by atoms with Gasteiger partial charge in [-0.2, -0.15) is 0 Å². The predicted molar refractivity (Wildman–Crippen MR) is 75.9 cm³/mol. The van der Waals surface area contributed by atoms with Crippen molar-refractivity contribution in [2.45, 2.75) is 32.8 Å². The number of anilines is 1. The van der Waals surface area contributed by atoms with E-state index < -0.39 is 5.97 Å². The van der Waals surface area contributed by atoms with Gasteiger partial charge in [-0.3, -0.25) is 0 Å². The summed E-state index contributed by atoms with van der Waals surface area (Å²) in [6, 6.07) is 9.04. The van der Waals surface area contributed by atoms with Crippen LogP contribution in [0, 0.1) is 0 Å². The van der Waals surface area contributed by atoms with Gasteiger partial charge in [-0.25, -0.2) is 9.78 Å². The molecular weight excluding hydrogens is 240 g/mol. The molecule has 0 saturated heterocycles. The minimum atomic E-state index is -0.418. The van der Waals surface area contributed by atoms with Gasteiger partial charge in [-0.15, -0.1) is 0 Å². The highest BCUT2D eigenvalue weighted by Gasteiger charge is 2.14. The van der Waals surface area contributed by atoms with Crippen LogP contribution in [0.1, 0.15) is 37.2 Å². The third-order valence-corrected chi connectivity index (χ3v) is 2.96. The number of nitrogens with two attached hydrogens (primary N) is 1. The lowest BCUT2D eigenvalue weighted by molar-refractivity contribution is 0.0317. The van der Waals surface area contributed by atoms with Crippen LogP contribution in [0.15, 0.2) is 30.3 Å². The van der Waals surface area contributed by atoms with Crippen molar-refractivity contribution in [1.29, 1.82) is 0 Å². The summed E-state index contributed by atoms with van der Waals surface area (Å²) in [5.74, 6) is -0.418. The molecule has 1 unspecified atom stereocenters. The Bertz CT molecular complexity index is 596. The molecule has 0 saturated carbocycles. The van der Waals surface area contributed by atoms with Crippen molar-refractivity contribution in [2.24, 2.45) is 0 Å². The monoisotopic (exact) mass is 258 g/mol. The average molecular weight is 258 g/mol. The number of hydrogen-bond acceptors (Lipinski definition) is 4. The maximum atomic E-state index is 12.0. The van der Waals surface area contributed by atoms with Gasteiger partial charge in [0.1, 0.15) is 0 Å². The molecule has 0 bridgehead atoms. The van der Waals surface area contributed by atoms with Gasteiger partial charge in [0.25, 0.3) is 0 Å². The molecule has 0 amide bonds. The van der Waals surface area contributed by atoms with Gasteiger partial charge in [-0.05, 0) is 25.5 Å². The van der Waals surface area contributed by atoms with Crippen molar-refractivity contribution >= 4 is 22.6 Å². The third kappa shape index (κ3) is 3.02. The van der Waals surface area contributed by atoms with Crippen molar-refractivity contribution in [3.05, 3.63) is 36.0 Å². The fourth-order valence-corrected chi connectivity index (χ4v) is 2.02. The lowest BCUT2D eigenvalue weighted by Crippen LogP contribution is -2.16. The summed E-state index contributed by atoms with van der Waals surface area (Å²) in [5.41, 5.74) is 7.45. The van der Waals surface area contributed by atoms with Gasteiger partial charge in [0.05, 0.1) is 11.6 Å². The number of carbonyl (C=O) groups is 1. The van der Waals surface area contributed by atoms with Crippen LogP contribution in [0.3, 0.4) is 0 Å². The van der Waals surface area contributed by atoms with Crippen LogP contribution in [-0.2, 0) is 4.74 Å². The molecular formula is C15H18N2O2. The molecule has 4 nitrogen and oxygen atoms in total. The number of carbonyl (C=O) groups excluding carboxylic acids is 1. The molecule has 1 aromatic carbocycles. The molecule has 4 heteroatoms. The van der Waals surface area contributed by atoms with Gasteiger partial charge in [0.15, 0.2) is 5.69 Å². The number of benzene rings is 1. The first-order chi connectivity index (χ1) is 9.11. The normalized spacial score (nSPS) is 12.3. The molecule has 1 aromatic heterocycles. The zero-order valence-corrected chi connectivity index (χ0v) is 11.2. The molecule has 0 aliphatic rings. The van der Waals surface area contributed by atoms with Crippen LogP contribution in [0.2, 0.25) is 0 Å². The second-order valence-electron chi connectivity index (χ2n) is 4.62. The number of fused-ring (bicyclic) bond motifs is 1. The van der Waals surface area contributed by atoms with Crippen LogP contribution in [-0.4, -0.2) is 17.1 Å². The Morgan fingerprint density at radius 1 is 1.42 bits per heavy atom. The number of pyridine rings is 1. The largest absolute Gasteiger partial charge is 0.458 e. The van der Waals surface area contributed by atoms with Crippen LogP contribution in [0.4, 0.5) is 5.69 Å². The Labute approximate surface area is 112 Å². The summed E-state index contributed by atoms with van der Waals surface area (Å²) < 4.78 is 5.32. The number of nitrogens with zero attached hydrogens (tertiary/aromatic N) is 1. The van der Waals surface area contributed by atoms with Gasteiger partial charge < -0.3 is 10.5 Å². The SMILES string of the molecule is CCCC(C)OC(=O)c1cc(N)c2ccccc2n1. The van der Waals surface area contributed by atoms with Crippen LogP contribution >= 0.6 is 0 Å². The summed E-state index contributed by atoms with van der Waals surface area (Å²) in [4.78, 5) is 16.3. The number of rotatable bonds is 4. The van der Waals surface area contributed by atoms with Crippen molar-refractivity contribution in [2.75, 3.05) is 5.73 Å². The molecule has 0 radical (unpaired) electrons. The van der Waals surface area contributed by atoms with E-state index in [1.807, 2.05) is 31.2 Å². The molecule has 0 spiro atoms. The Kier molecular flexibility index (Phi) is 4.00. The Morgan fingerprint density at radius 3 is 2.89 bits per heavy atom. The number of nitrogen functional groups attached to an aromatic ring is 1. The van der Waals surface area contributed by atoms with E-state index in [2.05, 4.69) is 11.9 Å². The lowest BCUT2D eigenvalue weighted by Gasteiger charge is -2.12. The maximum absolute atomic E-state index is 12.0. The number of para-hydroxylation sites is 1. The van der Waals surface area contributed by atoms with E-state index in [0.29, 0.717) is 11.2 Å². The van der Waals surface area contributed by atoms with Crippen molar-refractivity contribution in [1.82, 2.24) is 4.98 Å². The number of hydrogen-bond donors (Lipinski definition) is 1. The molecule has 0 aliphatic heterocycles. The van der Waals surface area contributed by atoms with Gasteiger partial charge in [-0.1, -0.05) is 31.5 Å². The number of ether oxygens (including phenoxy) is 1. The first-order valence-electron chi connectivity index (χ1n) is 6.48. The van der Waals surface area contributed by atoms with Crippen LogP contribution in [0.25, 0.3) is 10.9 Å². The minimum Gasteiger partial charge on any atom is -0.458 e. The summed E-state index contributed by atoms with van der Waals surface area (Å²) in [6.07, 6.45) is 1.71. The molecule has 100 valence electrons. The zero-order valence-electron chi connectivity index (χ0n) is 11.2. The molecule has 1 heterocycles. The Balaban J connectivity index is 2.28. The standard InChI is InChI=1S/C15H18N2O2/c1-3-6-10(2)19-15(18)14-9-12(16)11-7-4-5-8-13(11)17-14/h4-5,7-10H,3,6H2,1-2H3,(H2,16,17). The molecule has 0 aliphatic carbocycles. The van der Waals surface area contributed by atoms with Crippen molar-refractivity contribution < 1.29 is 9.53 Å². The van der Waals surface area contributed by atoms with E-state index in [4.69, 9.17) is 10.5 Å². The highest BCUT2D eigenvalue weighted by Crippen LogP contribution is 2.20. The van der Waals surface area contributed by atoms with Gasteiger partial charge in [0.2, 0.25) is 0 Å². The quantitative estimate of drug-likeness (QED) is 0.855. The van der Waals surface area contributed by atoms with Crippen LogP contribution in [0.5, 0.6) is 0 Å². The number of esters is 1. The maximum Gasteiger partial charge on any atom is 0.357 e. The van der Waals surface area contributed by atoms with E-state index in [1.54, 1.807) is 6.07 Å². The smallest absolute Gasteiger partial charge is 0.357 e. The molecule has 19 heavy (non-hydrogen) atoms. The summed E-state index contributed by atoms with van der Waals surface area (Å²) >= 11 is 0. The Morgan fingerprint density at radius 2 is 2.16 bits per heavy atom. The first kappa shape index (κ1) is 13.3. The summed E-state index contributed by atoms with van der Waals surface area (Å²) in [6.45, 7) is 3.93. The molecule has 0 fully saturated rings. The van der Waals surface area contributed by atoms with Crippen molar-refractivity contribution in [3.8, 4) is 0 Å². The average Bonchev–Trinajstić information content (AvgIpc) is 2.39. The van der Waals surface area contributed by atoms with Gasteiger partial charge >= 0.3 is 5.97 Å². The van der Waals surface area contributed by atoms with E-state index in [9.17, 15) is 4.79 Å². The summed E-state index contributed by atoms with van der Waals surface area (Å²) in [5, 5.41) is 0.848. The highest BCUT2D eigenvalue weighted by molar-refractivity contribution is 5.96. The predicted octanol–water partition coefficient (Wildman–Crippen LogP) is 3.16. The first-order valence-corrected chi connectivity index (χ1v) is 6.48. The molecule has 1 atom stereocenters. The second-order valence-corrected chi connectivity index (χ2v) is 4.62. The highest BCUT2D eigenvalue weighted by atomic mass is 16.5. The molecule has 2 rings (SSSR count). The van der Waals surface area contributed by atoms with E-state index in [0.717, 1.165) is 18.2 Å². The van der Waals surface area contributed by atoms with Crippen molar-refractivity contribution in [3.63, 3.8) is 0 Å². The fourth-order valence-electron chi connectivity index (χ4n) is 2.02. The van der Waals surface area contributed by atoms with E-state index in [1.165, 1.54) is 0 Å². The Hall–Kier alpha value is -2.10. The third-order valence-electron chi connectivity index (χ3n) is 2.96. The number of aromatic nitrogens is 1. The van der Waals surface area contributed by atoms with E-state index in [-0.39, 0.29) is 11.8 Å². The van der Waals surface area contributed by atoms with E-state index >= 15 is 0 Å². The fraction of sp³-hybridized carbons (Fsp3) is 0.333. The van der Waals surface area contributed by atoms with Crippen LogP contribution < -0.4 is 5.73 Å². The minimum absolute atomic E-state index is 0.105. The summed E-state index contributed by atoms with van der Waals surface area (Å²) in [7, 11) is 0. The second kappa shape index (κ2) is 5.69. The van der Waals surface area contributed by atoms with Gasteiger partial charge in [0, 0.05) is 11.1 Å². The zero-order chi connectivity index (χ0) is 13.8. The molecule has 2 aromatic rings. The lowest BCUT2D eigenvalue weighted by atomic mass is 10.1. The molecule has 2 N–H and O–H groups in total.